The average Bonchev–Trinajstić information content (AvgIpc) is 2.63. The number of hydrogen-bond acceptors (Lipinski definition) is 4. The number of anilines is 2. The van der Waals surface area contributed by atoms with E-state index < -0.39 is 0 Å². The smallest absolute Gasteiger partial charge is 0.257 e. The van der Waals surface area contributed by atoms with Crippen LogP contribution in [0.3, 0.4) is 0 Å². The van der Waals surface area contributed by atoms with Crippen molar-refractivity contribution in [1.82, 2.24) is 9.97 Å². The van der Waals surface area contributed by atoms with Crippen LogP contribution in [-0.4, -0.2) is 15.9 Å². The first-order chi connectivity index (χ1) is 12.1. The Hall–Kier alpha value is -2.73. The molecule has 0 fully saturated rings. The number of amides is 1. The van der Waals surface area contributed by atoms with Gasteiger partial charge in [-0.15, -0.1) is 0 Å². The van der Waals surface area contributed by atoms with Crippen LogP contribution in [0.15, 0.2) is 65.5 Å². The molecule has 3 aromatic rings. The molecule has 0 radical (unpaired) electrons. The topological polar surface area (TPSA) is 66.9 Å². The molecule has 1 aromatic carbocycles. The summed E-state index contributed by atoms with van der Waals surface area (Å²) in [5, 5.41) is 6.12. The molecule has 0 aliphatic carbocycles. The highest BCUT2D eigenvalue weighted by Gasteiger charge is 2.08. The predicted molar refractivity (Wildman–Crippen MR) is 103 cm³/mol. The van der Waals surface area contributed by atoms with Gasteiger partial charge in [-0.05, 0) is 60.5 Å². The maximum atomic E-state index is 12.4. The van der Waals surface area contributed by atoms with Gasteiger partial charge in [-0.25, -0.2) is 4.98 Å². The number of rotatable bonds is 5. The molecular weight excluding hydrogens is 380 g/mol. The number of nitrogens with zero attached hydrogens (tertiary/aromatic N) is 2. The summed E-state index contributed by atoms with van der Waals surface area (Å²) in [6.45, 7) is 2.60. The van der Waals surface area contributed by atoms with E-state index in [2.05, 4.69) is 36.5 Å². The van der Waals surface area contributed by atoms with Crippen LogP contribution >= 0.6 is 15.9 Å². The summed E-state index contributed by atoms with van der Waals surface area (Å²) in [5.41, 5.74) is 3.40. The van der Waals surface area contributed by atoms with Crippen molar-refractivity contribution in [2.45, 2.75) is 13.5 Å². The molecule has 0 atom stereocenters. The largest absolute Gasteiger partial charge is 0.366 e. The lowest BCUT2D eigenvalue weighted by molar-refractivity contribution is 0.102. The third-order valence-corrected chi connectivity index (χ3v) is 4.18. The molecule has 2 aromatic heterocycles. The predicted octanol–water partition coefficient (Wildman–Crippen LogP) is 4.41. The van der Waals surface area contributed by atoms with Gasteiger partial charge in [0, 0.05) is 35.3 Å². The van der Waals surface area contributed by atoms with E-state index in [-0.39, 0.29) is 5.91 Å². The summed E-state index contributed by atoms with van der Waals surface area (Å²) in [5.74, 6) is 0.534. The van der Waals surface area contributed by atoms with E-state index >= 15 is 0 Å². The lowest BCUT2D eigenvalue weighted by Gasteiger charge is -2.09. The SMILES string of the molecule is Cc1cc(Br)ccc1NC(=O)c1ccc(NCc2ccncc2)nc1. The van der Waals surface area contributed by atoms with Crippen molar-refractivity contribution in [3.05, 3.63) is 82.2 Å². The molecule has 5 nitrogen and oxygen atoms in total. The number of aromatic nitrogens is 2. The van der Waals surface area contributed by atoms with Crippen molar-refractivity contribution in [3.63, 3.8) is 0 Å². The summed E-state index contributed by atoms with van der Waals surface area (Å²) in [6.07, 6.45) is 5.07. The summed E-state index contributed by atoms with van der Waals surface area (Å²) >= 11 is 3.41. The number of pyridine rings is 2. The van der Waals surface area contributed by atoms with E-state index in [1.54, 1.807) is 30.7 Å². The number of benzene rings is 1. The fourth-order valence-electron chi connectivity index (χ4n) is 2.29. The zero-order valence-corrected chi connectivity index (χ0v) is 15.2. The van der Waals surface area contributed by atoms with Gasteiger partial charge in [-0.2, -0.15) is 0 Å². The van der Waals surface area contributed by atoms with Crippen LogP contribution in [0, 0.1) is 6.92 Å². The molecule has 0 aliphatic heterocycles. The number of halogens is 1. The van der Waals surface area contributed by atoms with Gasteiger partial charge in [0.05, 0.1) is 5.56 Å². The Labute approximate surface area is 154 Å². The molecule has 0 aliphatic rings. The second-order valence-electron chi connectivity index (χ2n) is 5.55. The summed E-state index contributed by atoms with van der Waals surface area (Å²) in [6, 6.07) is 13.2. The van der Waals surface area contributed by atoms with Gasteiger partial charge >= 0.3 is 0 Å². The number of hydrogen-bond donors (Lipinski definition) is 2. The molecule has 6 heteroatoms. The van der Waals surface area contributed by atoms with E-state index in [0.717, 1.165) is 21.3 Å². The minimum Gasteiger partial charge on any atom is -0.366 e. The van der Waals surface area contributed by atoms with E-state index in [1.165, 1.54) is 0 Å². The van der Waals surface area contributed by atoms with Crippen molar-refractivity contribution in [2.24, 2.45) is 0 Å². The van der Waals surface area contributed by atoms with E-state index in [0.29, 0.717) is 17.9 Å². The maximum Gasteiger partial charge on any atom is 0.257 e. The average molecular weight is 397 g/mol. The van der Waals surface area contributed by atoms with Crippen LogP contribution in [-0.2, 0) is 6.54 Å². The first-order valence-electron chi connectivity index (χ1n) is 7.78. The molecule has 0 bridgehead atoms. The van der Waals surface area contributed by atoms with Crippen molar-refractivity contribution < 1.29 is 4.79 Å². The minimum atomic E-state index is -0.182. The molecular formula is C19H17BrN4O. The highest BCUT2D eigenvalue weighted by molar-refractivity contribution is 9.10. The highest BCUT2D eigenvalue weighted by atomic mass is 79.9. The first-order valence-corrected chi connectivity index (χ1v) is 8.57. The van der Waals surface area contributed by atoms with Gasteiger partial charge in [0.1, 0.15) is 5.82 Å². The fraction of sp³-hybridized carbons (Fsp3) is 0.105. The zero-order valence-electron chi connectivity index (χ0n) is 13.7. The normalized spacial score (nSPS) is 10.3. The van der Waals surface area contributed by atoms with Crippen LogP contribution in [0.5, 0.6) is 0 Å². The molecule has 2 heterocycles. The lowest BCUT2D eigenvalue weighted by Crippen LogP contribution is -2.13. The third kappa shape index (κ3) is 4.64. The third-order valence-electron chi connectivity index (χ3n) is 3.69. The summed E-state index contributed by atoms with van der Waals surface area (Å²) < 4.78 is 0.981. The fourth-order valence-corrected chi connectivity index (χ4v) is 2.76. The van der Waals surface area contributed by atoms with Gasteiger partial charge in [0.25, 0.3) is 5.91 Å². The van der Waals surface area contributed by atoms with Gasteiger partial charge < -0.3 is 10.6 Å². The lowest BCUT2D eigenvalue weighted by atomic mass is 10.2. The van der Waals surface area contributed by atoms with Crippen LogP contribution in [0.2, 0.25) is 0 Å². The summed E-state index contributed by atoms with van der Waals surface area (Å²) in [4.78, 5) is 20.6. The zero-order chi connectivity index (χ0) is 17.6. The molecule has 2 N–H and O–H groups in total. The first kappa shape index (κ1) is 17.1. The van der Waals surface area contributed by atoms with Crippen molar-refractivity contribution in [2.75, 3.05) is 10.6 Å². The van der Waals surface area contributed by atoms with Crippen LogP contribution < -0.4 is 10.6 Å². The Morgan fingerprint density at radius 2 is 1.92 bits per heavy atom. The molecule has 0 saturated heterocycles. The van der Waals surface area contributed by atoms with Crippen LogP contribution in [0.1, 0.15) is 21.5 Å². The van der Waals surface area contributed by atoms with Gasteiger partial charge in [0.15, 0.2) is 0 Å². The minimum absolute atomic E-state index is 0.182. The number of nitrogens with one attached hydrogen (secondary N) is 2. The Balaban J connectivity index is 1.62. The number of carbonyl (C=O) groups is 1. The molecule has 0 spiro atoms. The van der Waals surface area contributed by atoms with Crippen molar-refractivity contribution in [1.29, 1.82) is 0 Å². The monoisotopic (exact) mass is 396 g/mol. The second-order valence-corrected chi connectivity index (χ2v) is 6.47. The molecule has 25 heavy (non-hydrogen) atoms. The molecule has 0 unspecified atom stereocenters. The highest BCUT2D eigenvalue weighted by Crippen LogP contribution is 2.20. The van der Waals surface area contributed by atoms with Crippen LogP contribution in [0.4, 0.5) is 11.5 Å². The Kier molecular flexibility index (Phi) is 5.40. The number of carbonyl (C=O) groups excluding carboxylic acids is 1. The molecule has 126 valence electrons. The number of aryl methyl sites for hydroxylation is 1. The maximum absolute atomic E-state index is 12.4. The van der Waals surface area contributed by atoms with E-state index in [4.69, 9.17) is 0 Å². The Bertz CT molecular complexity index is 866. The Morgan fingerprint density at radius 1 is 1.12 bits per heavy atom. The van der Waals surface area contributed by atoms with Gasteiger partial charge in [-0.3, -0.25) is 9.78 Å². The van der Waals surface area contributed by atoms with Crippen LogP contribution in [0.25, 0.3) is 0 Å². The molecule has 3 rings (SSSR count). The van der Waals surface area contributed by atoms with Gasteiger partial charge in [0.2, 0.25) is 0 Å². The van der Waals surface area contributed by atoms with Gasteiger partial charge in [-0.1, -0.05) is 15.9 Å². The quantitative estimate of drug-likeness (QED) is 0.669. The van der Waals surface area contributed by atoms with E-state index in [9.17, 15) is 4.79 Å². The molecule has 1 amide bonds. The van der Waals surface area contributed by atoms with E-state index in [1.807, 2.05) is 37.3 Å². The van der Waals surface area contributed by atoms with Crippen molar-refractivity contribution >= 4 is 33.3 Å². The standard InChI is InChI=1S/C19H17BrN4O/c1-13-10-16(20)3-4-17(13)24-19(25)15-2-5-18(23-12-15)22-11-14-6-8-21-9-7-14/h2-10,12H,11H2,1H3,(H,22,23)(H,24,25). The summed E-state index contributed by atoms with van der Waals surface area (Å²) in [7, 11) is 0. The molecule has 0 saturated carbocycles. The Morgan fingerprint density at radius 3 is 2.60 bits per heavy atom. The second kappa shape index (κ2) is 7.90. The van der Waals surface area contributed by atoms with Crippen molar-refractivity contribution in [3.8, 4) is 0 Å².